The Morgan fingerprint density at radius 2 is 1.96 bits per heavy atom. The number of rotatable bonds is 6. The van der Waals surface area contributed by atoms with E-state index in [0.717, 1.165) is 12.1 Å². The van der Waals surface area contributed by atoms with Crippen molar-refractivity contribution in [3.05, 3.63) is 47.8 Å². The zero-order valence-corrected chi connectivity index (χ0v) is 14.1. The van der Waals surface area contributed by atoms with E-state index in [9.17, 15) is 4.79 Å². The molecule has 1 aromatic heterocycles. The van der Waals surface area contributed by atoms with Gasteiger partial charge in [-0.3, -0.25) is 4.79 Å². The molecule has 0 saturated carbocycles. The summed E-state index contributed by atoms with van der Waals surface area (Å²) < 4.78 is 12.4. The van der Waals surface area contributed by atoms with Gasteiger partial charge in [0.25, 0.3) is 5.91 Å². The van der Waals surface area contributed by atoms with E-state index in [-0.39, 0.29) is 12.5 Å². The third-order valence-corrected chi connectivity index (χ3v) is 3.72. The maximum absolute atomic E-state index is 12.3. The molecule has 122 valence electrons. The van der Waals surface area contributed by atoms with Crippen molar-refractivity contribution in [2.75, 3.05) is 19.5 Å². The molecule has 5 heteroatoms. The largest absolute Gasteiger partial charge is 0.497 e. The zero-order chi connectivity index (χ0) is 16.8. The van der Waals surface area contributed by atoms with Crippen molar-refractivity contribution in [1.29, 1.82) is 0 Å². The van der Waals surface area contributed by atoms with Gasteiger partial charge in [0, 0.05) is 24.6 Å². The number of aryl methyl sites for hydroxylation is 2. The monoisotopic (exact) mass is 315 g/mol. The number of amides is 1. The Labute approximate surface area is 136 Å². The summed E-state index contributed by atoms with van der Waals surface area (Å²) in [6, 6.07) is 9.41. The van der Waals surface area contributed by atoms with Crippen LogP contribution in [0.3, 0.4) is 0 Å². The van der Waals surface area contributed by atoms with Crippen LogP contribution in [0.15, 0.2) is 36.5 Å². The molecule has 0 aliphatic carbocycles. The highest BCUT2D eigenvalue weighted by molar-refractivity contribution is 5.91. The molecular formula is C18H23N2O3+. The number of methoxy groups -OCH3 is 2. The van der Waals surface area contributed by atoms with E-state index in [1.807, 2.05) is 23.8 Å². The van der Waals surface area contributed by atoms with Crippen LogP contribution in [0, 0.1) is 6.92 Å². The third-order valence-electron chi connectivity index (χ3n) is 3.72. The Bertz CT molecular complexity index is 699. The normalized spacial score (nSPS) is 10.3. The minimum atomic E-state index is -0.102. The topological polar surface area (TPSA) is 51.4 Å². The fraction of sp³-hybridized carbons (Fsp3) is 0.333. The highest BCUT2D eigenvalue weighted by Crippen LogP contribution is 2.28. The third kappa shape index (κ3) is 4.22. The number of ether oxygens (including phenoxy) is 2. The fourth-order valence-electron chi connectivity index (χ4n) is 2.29. The molecule has 1 N–H and O–H groups in total. The second-order valence-corrected chi connectivity index (χ2v) is 5.27. The first-order valence-electron chi connectivity index (χ1n) is 7.58. The Kier molecular flexibility index (Phi) is 5.57. The number of anilines is 1. The molecule has 0 fully saturated rings. The molecule has 0 bridgehead atoms. The van der Waals surface area contributed by atoms with Crippen LogP contribution in [0.1, 0.15) is 18.2 Å². The van der Waals surface area contributed by atoms with E-state index in [1.165, 1.54) is 5.56 Å². The lowest BCUT2D eigenvalue weighted by Gasteiger charge is -2.11. The van der Waals surface area contributed by atoms with E-state index in [4.69, 9.17) is 9.47 Å². The van der Waals surface area contributed by atoms with Gasteiger partial charge in [-0.15, -0.1) is 0 Å². The Hall–Kier alpha value is -2.56. The average Bonchev–Trinajstić information content (AvgIpc) is 2.57. The molecule has 1 heterocycles. The molecule has 0 atom stereocenters. The molecule has 0 saturated heterocycles. The van der Waals surface area contributed by atoms with Gasteiger partial charge in [-0.25, -0.2) is 0 Å². The number of aromatic nitrogens is 1. The van der Waals surface area contributed by atoms with Crippen LogP contribution in [-0.4, -0.2) is 20.1 Å². The Balaban J connectivity index is 2.14. The highest BCUT2D eigenvalue weighted by atomic mass is 16.5. The Morgan fingerprint density at radius 1 is 1.17 bits per heavy atom. The number of hydrogen-bond acceptors (Lipinski definition) is 3. The molecule has 2 aromatic rings. The van der Waals surface area contributed by atoms with Crippen molar-refractivity contribution in [1.82, 2.24) is 0 Å². The van der Waals surface area contributed by atoms with Gasteiger partial charge >= 0.3 is 0 Å². The van der Waals surface area contributed by atoms with Gasteiger partial charge in [0.1, 0.15) is 11.5 Å². The van der Waals surface area contributed by atoms with Crippen LogP contribution in [-0.2, 0) is 17.8 Å². The summed E-state index contributed by atoms with van der Waals surface area (Å²) in [5, 5.41) is 2.89. The smallest absolute Gasteiger partial charge is 0.290 e. The minimum Gasteiger partial charge on any atom is -0.497 e. The molecule has 0 radical (unpaired) electrons. The van der Waals surface area contributed by atoms with Crippen LogP contribution in [0.25, 0.3) is 0 Å². The average molecular weight is 315 g/mol. The lowest BCUT2D eigenvalue weighted by Crippen LogP contribution is -2.43. The molecule has 1 aromatic carbocycles. The van der Waals surface area contributed by atoms with Crippen molar-refractivity contribution in [2.24, 2.45) is 0 Å². The summed E-state index contributed by atoms with van der Waals surface area (Å²) in [7, 11) is 3.15. The number of hydrogen-bond donors (Lipinski definition) is 1. The number of nitrogens with zero attached hydrogens (tertiary/aromatic N) is 1. The quantitative estimate of drug-likeness (QED) is 0.833. The molecule has 5 nitrogen and oxygen atoms in total. The lowest BCUT2D eigenvalue weighted by atomic mass is 10.2. The number of carbonyl (C=O) groups excluding carboxylic acids is 1. The molecule has 0 spiro atoms. The van der Waals surface area contributed by atoms with Gasteiger partial charge in [0.15, 0.2) is 11.9 Å². The fourth-order valence-corrected chi connectivity index (χ4v) is 2.29. The van der Waals surface area contributed by atoms with E-state index in [2.05, 4.69) is 18.3 Å². The van der Waals surface area contributed by atoms with Gasteiger partial charge in [-0.1, -0.05) is 6.92 Å². The summed E-state index contributed by atoms with van der Waals surface area (Å²) in [6.07, 6.45) is 2.95. The standard InChI is InChI=1S/C18H22N2O3/c1-5-14-7-6-13(2)20(11-14)12-18(21)19-16-9-8-15(22-3)10-17(16)23-4/h6-11H,5,12H2,1-4H3/p+1. The van der Waals surface area contributed by atoms with Crippen molar-refractivity contribution in [3.63, 3.8) is 0 Å². The molecule has 23 heavy (non-hydrogen) atoms. The first-order valence-corrected chi connectivity index (χ1v) is 7.58. The van der Waals surface area contributed by atoms with E-state index in [1.54, 1.807) is 32.4 Å². The van der Waals surface area contributed by atoms with Crippen molar-refractivity contribution < 1.29 is 18.8 Å². The van der Waals surface area contributed by atoms with Crippen molar-refractivity contribution >= 4 is 11.6 Å². The van der Waals surface area contributed by atoms with Gasteiger partial charge in [0.05, 0.1) is 19.9 Å². The summed E-state index contributed by atoms with van der Waals surface area (Å²) in [6.45, 7) is 4.34. The maximum Gasteiger partial charge on any atom is 0.290 e. The van der Waals surface area contributed by atoms with Gasteiger partial charge in [0.2, 0.25) is 6.54 Å². The van der Waals surface area contributed by atoms with E-state index < -0.39 is 0 Å². The zero-order valence-electron chi connectivity index (χ0n) is 14.1. The summed E-state index contributed by atoms with van der Waals surface area (Å²) in [5.41, 5.74) is 2.87. The van der Waals surface area contributed by atoms with Gasteiger partial charge in [-0.05, 0) is 24.6 Å². The number of nitrogens with one attached hydrogen (secondary N) is 1. The van der Waals surface area contributed by atoms with Crippen LogP contribution < -0.4 is 19.4 Å². The summed E-state index contributed by atoms with van der Waals surface area (Å²) in [4.78, 5) is 12.3. The predicted molar refractivity (Wildman–Crippen MR) is 88.9 cm³/mol. The number of carbonyl (C=O) groups is 1. The van der Waals surface area contributed by atoms with Crippen LogP contribution in [0.5, 0.6) is 11.5 Å². The number of benzene rings is 1. The lowest BCUT2D eigenvalue weighted by molar-refractivity contribution is -0.690. The molecule has 0 unspecified atom stereocenters. The molecule has 1 amide bonds. The first kappa shape index (κ1) is 16.8. The molecular weight excluding hydrogens is 292 g/mol. The predicted octanol–water partition coefficient (Wildman–Crippen LogP) is 2.50. The van der Waals surface area contributed by atoms with E-state index >= 15 is 0 Å². The summed E-state index contributed by atoms with van der Waals surface area (Å²) in [5.74, 6) is 1.15. The second kappa shape index (κ2) is 7.63. The first-order chi connectivity index (χ1) is 11.1. The molecule has 0 aliphatic heterocycles. The highest BCUT2D eigenvalue weighted by Gasteiger charge is 2.15. The minimum absolute atomic E-state index is 0.102. The molecule has 0 aliphatic rings. The van der Waals surface area contributed by atoms with Crippen LogP contribution in [0.2, 0.25) is 0 Å². The summed E-state index contributed by atoms with van der Waals surface area (Å²) >= 11 is 0. The van der Waals surface area contributed by atoms with Crippen LogP contribution >= 0.6 is 0 Å². The maximum atomic E-state index is 12.3. The van der Waals surface area contributed by atoms with Crippen LogP contribution in [0.4, 0.5) is 5.69 Å². The Morgan fingerprint density at radius 3 is 2.61 bits per heavy atom. The molecule has 2 rings (SSSR count). The number of pyridine rings is 1. The van der Waals surface area contributed by atoms with Crippen molar-refractivity contribution in [3.8, 4) is 11.5 Å². The van der Waals surface area contributed by atoms with Crippen molar-refractivity contribution in [2.45, 2.75) is 26.8 Å². The van der Waals surface area contributed by atoms with Gasteiger partial charge < -0.3 is 14.8 Å². The second-order valence-electron chi connectivity index (χ2n) is 5.27. The SMILES string of the molecule is CCc1ccc(C)[n+](CC(=O)Nc2ccc(OC)cc2OC)c1. The van der Waals surface area contributed by atoms with Gasteiger partial charge in [-0.2, -0.15) is 4.57 Å². The van der Waals surface area contributed by atoms with E-state index in [0.29, 0.717) is 17.2 Å².